The Balaban J connectivity index is 1.54. The summed E-state index contributed by atoms with van der Waals surface area (Å²) in [6.45, 7) is 1.22. The van der Waals surface area contributed by atoms with Gasteiger partial charge in [0.15, 0.2) is 0 Å². The largest absolute Gasteiger partial charge is 0.361 e. The van der Waals surface area contributed by atoms with Gasteiger partial charge in [-0.05, 0) is 30.5 Å². The van der Waals surface area contributed by atoms with Gasteiger partial charge in [-0.25, -0.2) is 0 Å². The summed E-state index contributed by atoms with van der Waals surface area (Å²) in [7, 11) is 1.78. The first kappa shape index (κ1) is 15.9. The monoisotopic (exact) mass is 333 g/mol. The standard InChI is InChI=1S/C17H20ClN3O2/c1-21-7-5-11(8-16(21)22)17(23)19-6-4-12-10-20-15-9-13(18)2-3-14(12)15/h2-3,9-11,20H,4-8H2,1H3,(H,19,23)/t11-/m0/s1. The van der Waals surface area contributed by atoms with Gasteiger partial charge in [-0.1, -0.05) is 17.7 Å². The number of rotatable bonds is 4. The Morgan fingerprint density at radius 2 is 2.30 bits per heavy atom. The first-order valence-corrected chi connectivity index (χ1v) is 8.19. The molecule has 1 saturated heterocycles. The van der Waals surface area contributed by atoms with E-state index < -0.39 is 0 Å². The number of hydrogen-bond donors (Lipinski definition) is 2. The Labute approximate surface area is 140 Å². The van der Waals surface area contributed by atoms with E-state index in [9.17, 15) is 9.59 Å². The van der Waals surface area contributed by atoms with E-state index in [1.807, 2.05) is 24.4 Å². The van der Waals surface area contributed by atoms with Gasteiger partial charge in [0.1, 0.15) is 0 Å². The number of amides is 2. The maximum atomic E-state index is 12.2. The van der Waals surface area contributed by atoms with E-state index in [0.29, 0.717) is 24.5 Å². The number of H-pyrrole nitrogens is 1. The van der Waals surface area contributed by atoms with E-state index >= 15 is 0 Å². The van der Waals surface area contributed by atoms with Gasteiger partial charge in [0.05, 0.1) is 0 Å². The lowest BCUT2D eigenvalue weighted by Crippen LogP contribution is -2.42. The third-order valence-electron chi connectivity index (χ3n) is 4.45. The van der Waals surface area contributed by atoms with Gasteiger partial charge < -0.3 is 15.2 Å². The molecule has 6 heteroatoms. The molecule has 1 atom stereocenters. The summed E-state index contributed by atoms with van der Waals surface area (Å²) in [6.07, 6.45) is 3.74. The Hall–Kier alpha value is -2.01. The van der Waals surface area contributed by atoms with Gasteiger partial charge in [-0.2, -0.15) is 0 Å². The van der Waals surface area contributed by atoms with Crippen LogP contribution in [0, 0.1) is 5.92 Å². The van der Waals surface area contributed by atoms with Crippen molar-refractivity contribution in [3.8, 4) is 0 Å². The van der Waals surface area contributed by atoms with Crippen LogP contribution in [0.15, 0.2) is 24.4 Å². The number of carbonyl (C=O) groups is 2. The minimum atomic E-state index is -0.194. The third kappa shape index (κ3) is 3.50. The number of likely N-dealkylation sites (tertiary alicyclic amines) is 1. The van der Waals surface area contributed by atoms with Crippen LogP contribution in [0.4, 0.5) is 0 Å². The lowest BCUT2D eigenvalue weighted by atomic mass is 9.95. The zero-order valence-corrected chi connectivity index (χ0v) is 13.8. The Morgan fingerprint density at radius 3 is 3.09 bits per heavy atom. The molecular formula is C17H20ClN3O2. The summed E-state index contributed by atoms with van der Waals surface area (Å²) in [5.74, 6) is -0.167. The topological polar surface area (TPSA) is 65.2 Å². The zero-order valence-electron chi connectivity index (χ0n) is 13.1. The van der Waals surface area contributed by atoms with E-state index in [0.717, 1.165) is 29.3 Å². The van der Waals surface area contributed by atoms with Crippen LogP contribution in [0.3, 0.4) is 0 Å². The number of piperidine rings is 1. The number of hydrogen-bond acceptors (Lipinski definition) is 2. The average molecular weight is 334 g/mol. The summed E-state index contributed by atoms with van der Waals surface area (Å²) in [4.78, 5) is 28.7. The molecule has 2 N–H and O–H groups in total. The second-order valence-electron chi connectivity index (χ2n) is 6.05. The Bertz CT molecular complexity index is 741. The van der Waals surface area contributed by atoms with Crippen molar-refractivity contribution in [2.75, 3.05) is 20.1 Å². The van der Waals surface area contributed by atoms with E-state index in [1.165, 1.54) is 0 Å². The molecule has 5 nitrogen and oxygen atoms in total. The summed E-state index contributed by atoms with van der Waals surface area (Å²) in [5.41, 5.74) is 2.15. The first-order chi connectivity index (χ1) is 11.0. The molecule has 1 aromatic carbocycles. The smallest absolute Gasteiger partial charge is 0.223 e. The summed E-state index contributed by atoms with van der Waals surface area (Å²) >= 11 is 5.97. The van der Waals surface area contributed by atoms with Gasteiger partial charge in [0.2, 0.25) is 11.8 Å². The molecule has 0 saturated carbocycles. The average Bonchev–Trinajstić information content (AvgIpc) is 2.92. The van der Waals surface area contributed by atoms with Gasteiger partial charge in [0, 0.05) is 54.6 Å². The predicted molar refractivity (Wildman–Crippen MR) is 90.4 cm³/mol. The Kier molecular flexibility index (Phi) is 4.57. The molecule has 1 aliphatic heterocycles. The van der Waals surface area contributed by atoms with Gasteiger partial charge in [-0.15, -0.1) is 0 Å². The van der Waals surface area contributed by atoms with Gasteiger partial charge >= 0.3 is 0 Å². The fourth-order valence-corrected chi connectivity index (χ4v) is 3.17. The van der Waals surface area contributed by atoms with Crippen molar-refractivity contribution in [2.45, 2.75) is 19.3 Å². The normalized spacial score (nSPS) is 18.4. The molecule has 1 aromatic heterocycles. The van der Waals surface area contributed by atoms with Crippen molar-refractivity contribution < 1.29 is 9.59 Å². The lowest BCUT2D eigenvalue weighted by molar-refractivity contribution is -0.139. The molecule has 0 bridgehead atoms. The molecule has 122 valence electrons. The minimum Gasteiger partial charge on any atom is -0.361 e. The fraction of sp³-hybridized carbons (Fsp3) is 0.412. The van der Waals surface area contributed by atoms with Crippen LogP contribution in [0.5, 0.6) is 0 Å². The van der Waals surface area contributed by atoms with E-state index in [4.69, 9.17) is 11.6 Å². The minimum absolute atomic E-state index is 0.0191. The van der Waals surface area contributed by atoms with Crippen LogP contribution in [-0.2, 0) is 16.0 Å². The predicted octanol–water partition coefficient (Wildman–Crippen LogP) is 2.35. The quantitative estimate of drug-likeness (QED) is 0.902. The van der Waals surface area contributed by atoms with Crippen molar-refractivity contribution in [1.29, 1.82) is 0 Å². The maximum absolute atomic E-state index is 12.2. The maximum Gasteiger partial charge on any atom is 0.223 e. The van der Waals surface area contributed by atoms with Crippen LogP contribution < -0.4 is 5.32 Å². The summed E-state index contributed by atoms with van der Waals surface area (Å²) < 4.78 is 0. The molecule has 2 aromatic rings. The number of halogens is 1. The van der Waals surface area contributed by atoms with Crippen LogP contribution in [0.1, 0.15) is 18.4 Å². The van der Waals surface area contributed by atoms with Crippen LogP contribution >= 0.6 is 11.6 Å². The molecular weight excluding hydrogens is 314 g/mol. The van der Waals surface area contributed by atoms with Crippen molar-refractivity contribution in [3.63, 3.8) is 0 Å². The molecule has 23 heavy (non-hydrogen) atoms. The number of carbonyl (C=O) groups excluding carboxylic acids is 2. The molecule has 1 fully saturated rings. The molecule has 0 spiro atoms. The molecule has 0 aliphatic carbocycles. The third-order valence-corrected chi connectivity index (χ3v) is 4.69. The number of fused-ring (bicyclic) bond motifs is 1. The van der Waals surface area contributed by atoms with Crippen LogP contribution in [-0.4, -0.2) is 41.8 Å². The van der Waals surface area contributed by atoms with E-state index in [2.05, 4.69) is 10.3 Å². The summed E-state index contributed by atoms with van der Waals surface area (Å²) in [6, 6.07) is 5.74. The molecule has 1 aliphatic rings. The van der Waals surface area contributed by atoms with Crippen LogP contribution in [0.25, 0.3) is 10.9 Å². The molecule has 3 rings (SSSR count). The lowest BCUT2D eigenvalue weighted by Gasteiger charge is -2.27. The van der Waals surface area contributed by atoms with Crippen molar-refractivity contribution in [2.24, 2.45) is 5.92 Å². The van der Waals surface area contributed by atoms with Crippen molar-refractivity contribution in [3.05, 3.63) is 35.0 Å². The van der Waals surface area contributed by atoms with Crippen molar-refractivity contribution >= 4 is 34.3 Å². The fourth-order valence-electron chi connectivity index (χ4n) is 3.00. The van der Waals surface area contributed by atoms with Crippen LogP contribution in [0.2, 0.25) is 5.02 Å². The number of nitrogens with one attached hydrogen (secondary N) is 2. The number of benzene rings is 1. The number of aromatic nitrogens is 1. The SMILES string of the molecule is CN1CC[C@H](C(=O)NCCc2c[nH]c3cc(Cl)ccc23)CC1=O. The van der Waals surface area contributed by atoms with Gasteiger partial charge in [0.25, 0.3) is 0 Å². The highest BCUT2D eigenvalue weighted by Crippen LogP contribution is 2.22. The van der Waals surface area contributed by atoms with E-state index in [1.54, 1.807) is 11.9 Å². The van der Waals surface area contributed by atoms with E-state index in [-0.39, 0.29) is 17.7 Å². The molecule has 0 radical (unpaired) electrons. The van der Waals surface area contributed by atoms with Gasteiger partial charge in [-0.3, -0.25) is 9.59 Å². The highest BCUT2D eigenvalue weighted by Gasteiger charge is 2.28. The second-order valence-corrected chi connectivity index (χ2v) is 6.49. The zero-order chi connectivity index (χ0) is 16.4. The molecule has 2 amide bonds. The highest BCUT2D eigenvalue weighted by atomic mass is 35.5. The molecule has 2 heterocycles. The molecule has 0 unspecified atom stereocenters. The summed E-state index contributed by atoms with van der Waals surface area (Å²) in [5, 5.41) is 4.78. The first-order valence-electron chi connectivity index (χ1n) is 7.82. The second kappa shape index (κ2) is 6.62. The number of nitrogens with zero attached hydrogens (tertiary/aromatic N) is 1. The van der Waals surface area contributed by atoms with Crippen molar-refractivity contribution in [1.82, 2.24) is 15.2 Å². The Morgan fingerprint density at radius 1 is 1.48 bits per heavy atom. The highest BCUT2D eigenvalue weighted by molar-refractivity contribution is 6.31. The number of aromatic amines is 1.